The van der Waals surface area contributed by atoms with Crippen molar-refractivity contribution in [2.45, 2.75) is 26.3 Å². The van der Waals surface area contributed by atoms with E-state index in [4.69, 9.17) is 13.9 Å². The third-order valence-corrected chi connectivity index (χ3v) is 5.11. The van der Waals surface area contributed by atoms with Gasteiger partial charge in [-0.15, -0.1) is 10.2 Å². The minimum atomic E-state index is -0.651. The molecule has 154 valence electrons. The average molecular weight is 407 g/mol. The molecular weight excluding hydrogens is 386 g/mol. The summed E-state index contributed by atoms with van der Waals surface area (Å²) in [5, 5.41) is 7.65. The largest absolute Gasteiger partial charge is 0.493 e. The first-order valence-corrected chi connectivity index (χ1v) is 9.58. The van der Waals surface area contributed by atoms with Crippen molar-refractivity contribution in [1.82, 2.24) is 15.1 Å². The van der Waals surface area contributed by atoms with Crippen LogP contribution in [0, 0.1) is 6.92 Å². The normalized spacial score (nSPS) is 14.0. The van der Waals surface area contributed by atoms with E-state index in [0.717, 1.165) is 5.56 Å². The van der Waals surface area contributed by atoms with E-state index in [1.807, 2.05) is 19.9 Å². The number of hydrogen-bond acceptors (Lipinski definition) is 7. The summed E-state index contributed by atoms with van der Waals surface area (Å²) in [4.78, 5) is 27.8. The highest BCUT2D eigenvalue weighted by molar-refractivity contribution is 6.22. The van der Waals surface area contributed by atoms with Gasteiger partial charge in [-0.05, 0) is 43.2 Å². The van der Waals surface area contributed by atoms with Gasteiger partial charge in [0, 0.05) is 0 Å². The number of rotatable bonds is 7. The van der Waals surface area contributed by atoms with Crippen molar-refractivity contribution in [1.29, 1.82) is 0 Å². The number of ether oxygens (including phenoxy) is 2. The summed E-state index contributed by atoms with van der Waals surface area (Å²) in [6, 6.07) is 9.95. The summed E-state index contributed by atoms with van der Waals surface area (Å²) < 4.78 is 16.4. The van der Waals surface area contributed by atoms with Gasteiger partial charge in [-0.2, -0.15) is 0 Å². The Hall–Kier alpha value is -3.68. The maximum atomic E-state index is 13.3. The molecule has 1 aliphatic heterocycles. The second-order valence-corrected chi connectivity index (χ2v) is 6.87. The number of carbonyl (C=O) groups excluding carboxylic acids is 2. The van der Waals surface area contributed by atoms with E-state index in [1.165, 1.54) is 11.3 Å². The molecule has 8 heteroatoms. The van der Waals surface area contributed by atoms with Crippen LogP contribution >= 0.6 is 0 Å². The summed E-state index contributed by atoms with van der Waals surface area (Å²) in [6.45, 7) is 4.14. The number of aromatic nitrogens is 2. The molecular formula is C22H21N3O5. The predicted octanol–water partition coefficient (Wildman–Crippen LogP) is 3.37. The number of methoxy groups -OCH3 is 1. The Kier molecular flexibility index (Phi) is 5.22. The second kappa shape index (κ2) is 7.98. The smallest absolute Gasteiger partial charge is 0.262 e. The first kappa shape index (κ1) is 19.6. The molecule has 1 aromatic heterocycles. The minimum Gasteiger partial charge on any atom is -0.493 e. The third-order valence-electron chi connectivity index (χ3n) is 5.11. The highest BCUT2D eigenvalue weighted by atomic mass is 16.5. The van der Waals surface area contributed by atoms with Gasteiger partial charge in [0.1, 0.15) is 0 Å². The SMILES string of the molecule is CCOc1cc([C@@H](Cc2nnco2)N2C(=O)c3cccc(C)c3C2=O)ccc1OC. The standard InChI is InChI=1S/C22H21N3O5/c1-4-29-18-10-14(8-9-17(18)28-3)16(11-19-24-23-12-30-19)25-21(26)15-7-5-6-13(2)20(15)22(25)27/h5-10,12,16H,4,11H2,1-3H3/t16-/m1/s1. The van der Waals surface area contributed by atoms with Gasteiger partial charge < -0.3 is 13.9 Å². The lowest BCUT2D eigenvalue weighted by atomic mass is 10.0. The van der Waals surface area contributed by atoms with Gasteiger partial charge in [0.2, 0.25) is 12.3 Å². The first-order valence-electron chi connectivity index (χ1n) is 9.58. The van der Waals surface area contributed by atoms with Crippen LogP contribution in [-0.4, -0.2) is 40.6 Å². The number of amides is 2. The number of nitrogens with zero attached hydrogens (tertiary/aromatic N) is 3. The summed E-state index contributed by atoms with van der Waals surface area (Å²) in [5.74, 6) is 0.724. The Labute approximate surface area is 173 Å². The van der Waals surface area contributed by atoms with E-state index in [9.17, 15) is 9.59 Å². The van der Waals surface area contributed by atoms with Crippen molar-refractivity contribution in [3.8, 4) is 11.5 Å². The summed E-state index contributed by atoms with van der Waals surface area (Å²) in [5.41, 5.74) is 2.28. The van der Waals surface area contributed by atoms with Crippen LogP contribution in [-0.2, 0) is 6.42 Å². The fraction of sp³-hybridized carbons (Fsp3) is 0.273. The Morgan fingerprint density at radius 3 is 2.63 bits per heavy atom. The van der Waals surface area contributed by atoms with Crippen LogP contribution in [0.5, 0.6) is 11.5 Å². The molecule has 3 aromatic rings. The number of carbonyl (C=O) groups is 2. The Morgan fingerprint density at radius 2 is 1.97 bits per heavy atom. The van der Waals surface area contributed by atoms with E-state index in [1.54, 1.807) is 37.4 Å². The van der Waals surface area contributed by atoms with E-state index < -0.39 is 6.04 Å². The molecule has 0 spiro atoms. The minimum absolute atomic E-state index is 0.183. The van der Waals surface area contributed by atoms with E-state index in [0.29, 0.717) is 40.7 Å². The average Bonchev–Trinajstić information content (AvgIpc) is 3.34. The van der Waals surface area contributed by atoms with Gasteiger partial charge in [0.25, 0.3) is 11.8 Å². The molecule has 0 fully saturated rings. The van der Waals surface area contributed by atoms with Gasteiger partial charge in [0.05, 0.1) is 37.3 Å². The molecule has 2 amide bonds. The van der Waals surface area contributed by atoms with Crippen molar-refractivity contribution in [2.24, 2.45) is 0 Å². The lowest BCUT2D eigenvalue weighted by molar-refractivity contribution is 0.0576. The maximum absolute atomic E-state index is 13.3. The fourth-order valence-electron chi connectivity index (χ4n) is 3.73. The molecule has 0 bridgehead atoms. The van der Waals surface area contributed by atoms with Crippen LogP contribution in [0.25, 0.3) is 0 Å². The molecule has 8 nitrogen and oxygen atoms in total. The topological polar surface area (TPSA) is 94.8 Å². The maximum Gasteiger partial charge on any atom is 0.262 e. The predicted molar refractivity (Wildman–Crippen MR) is 107 cm³/mol. The summed E-state index contributed by atoms with van der Waals surface area (Å²) >= 11 is 0. The Morgan fingerprint density at radius 1 is 1.13 bits per heavy atom. The van der Waals surface area contributed by atoms with Crippen LogP contribution in [0.1, 0.15) is 50.7 Å². The van der Waals surface area contributed by atoms with Crippen molar-refractivity contribution in [3.05, 3.63) is 70.9 Å². The number of imide groups is 1. The van der Waals surface area contributed by atoms with Crippen molar-refractivity contribution in [3.63, 3.8) is 0 Å². The quantitative estimate of drug-likeness (QED) is 0.554. The monoisotopic (exact) mass is 407 g/mol. The second-order valence-electron chi connectivity index (χ2n) is 6.87. The van der Waals surface area contributed by atoms with Crippen LogP contribution < -0.4 is 9.47 Å². The van der Waals surface area contributed by atoms with Crippen LogP contribution in [0.3, 0.4) is 0 Å². The van der Waals surface area contributed by atoms with Gasteiger partial charge in [-0.1, -0.05) is 18.2 Å². The van der Waals surface area contributed by atoms with Crippen molar-refractivity contribution >= 4 is 11.8 Å². The number of fused-ring (bicyclic) bond motifs is 1. The van der Waals surface area contributed by atoms with E-state index in [2.05, 4.69) is 10.2 Å². The zero-order valence-electron chi connectivity index (χ0n) is 16.9. The fourth-order valence-corrected chi connectivity index (χ4v) is 3.73. The molecule has 1 atom stereocenters. The van der Waals surface area contributed by atoms with Gasteiger partial charge in [-0.25, -0.2) is 0 Å². The van der Waals surface area contributed by atoms with E-state index >= 15 is 0 Å². The number of aryl methyl sites for hydroxylation is 1. The van der Waals surface area contributed by atoms with Crippen molar-refractivity contribution < 1.29 is 23.5 Å². The number of hydrogen-bond donors (Lipinski definition) is 0. The molecule has 0 N–H and O–H groups in total. The summed E-state index contributed by atoms with van der Waals surface area (Å²) in [6.07, 6.45) is 1.40. The lowest BCUT2D eigenvalue weighted by Gasteiger charge is -2.26. The molecule has 30 heavy (non-hydrogen) atoms. The zero-order chi connectivity index (χ0) is 21.3. The third kappa shape index (κ3) is 3.30. The molecule has 2 aromatic carbocycles. The van der Waals surface area contributed by atoms with Crippen molar-refractivity contribution in [2.75, 3.05) is 13.7 Å². The molecule has 4 rings (SSSR count). The number of benzene rings is 2. The first-order chi connectivity index (χ1) is 14.5. The van der Waals surface area contributed by atoms with E-state index in [-0.39, 0.29) is 18.2 Å². The van der Waals surface area contributed by atoms with Gasteiger partial charge in [0.15, 0.2) is 11.5 Å². The van der Waals surface area contributed by atoms with Crippen LogP contribution in [0.15, 0.2) is 47.2 Å². The molecule has 0 radical (unpaired) electrons. The molecule has 1 aliphatic rings. The molecule has 0 aliphatic carbocycles. The van der Waals surface area contributed by atoms with Gasteiger partial charge in [-0.3, -0.25) is 14.5 Å². The van der Waals surface area contributed by atoms with Crippen LogP contribution in [0.4, 0.5) is 0 Å². The summed E-state index contributed by atoms with van der Waals surface area (Å²) in [7, 11) is 1.56. The molecule has 2 heterocycles. The molecule has 0 saturated heterocycles. The zero-order valence-corrected chi connectivity index (χ0v) is 16.9. The highest BCUT2D eigenvalue weighted by Gasteiger charge is 2.42. The Balaban J connectivity index is 1.80. The van der Waals surface area contributed by atoms with Crippen LogP contribution in [0.2, 0.25) is 0 Å². The molecule has 0 unspecified atom stereocenters. The Bertz CT molecular complexity index is 1090. The highest BCUT2D eigenvalue weighted by Crippen LogP contribution is 2.38. The molecule has 0 saturated carbocycles. The van der Waals surface area contributed by atoms with Gasteiger partial charge >= 0.3 is 0 Å². The lowest BCUT2D eigenvalue weighted by Crippen LogP contribution is -2.35.